The van der Waals surface area contributed by atoms with E-state index in [0.29, 0.717) is 6.04 Å². The first-order chi connectivity index (χ1) is 6.65. The van der Waals surface area contributed by atoms with Gasteiger partial charge in [-0.3, -0.25) is 0 Å². The molecule has 1 aromatic rings. The van der Waals surface area contributed by atoms with Crippen molar-refractivity contribution in [3.05, 3.63) is 23.4 Å². The third kappa shape index (κ3) is 1.87. The minimum Gasteiger partial charge on any atom is -0.365 e. The average molecular weight is 191 g/mol. The van der Waals surface area contributed by atoms with Crippen LogP contribution < -0.4 is 5.32 Å². The SMILES string of the molecule is Cc1cnc(NC2CN(C)C2)cc1C. The van der Waals surface area contributed by atoms with Crippen molar-refractivity contribution in [2.45, 2.75) is 19.9 Å². The Morgan fingerprint density at radius 3 is 2.64 bits per heavy atom. The summed E-state index contributed by atoms with van der Waals surface area (Å²) in [6.45, 7) is 6.45. The molecule has 0 unspecified atom stereocenters. The van der Waals surface area contributed by atoms with Crippen LogP contribution in [0.25, 0.3) is 0 Å². The Balaban J connectivity index is 2.00. The molecule has 3 nitrogen and oxygen atoms in total. The molecule has 0 amide bonds. The number of hydrogen-bond acceptors (Lipinski definition) is 3. The molecule has 2 rings (SSSR count). The molecule has 2 heterocycles. The average Bonchev–Trinajstić information content (AvgIpc) is 2.09. The minimum absolute atomic E-state index is 0.578. The van der Waals surface area contributed by atoms with Gasteiger partial charge in [0, 0.05) is 19.3 Å². The lowest BCUT2D eigenvalue weighted by Crippen LogP contribution is -2.52. The molecule has 0 saturated carbocycles. The molecular weight excluding hydrogens is 174 g/mol. The van der Waals surface area contributed by atoms with E-state index in [0.717, 1.165) is 18.9 Å². The number of rotatable bonds is 2. The Morgan fingerprint density at radius 2 is 2.07 bits per heavy atom. The number of hydrogen-bond donors (Lipinski definition) is 1. The molecule has 0 aliphatic carbocycles. The third-order valence-corrected chi connectivity index (χ3v) is 2.79. The fourth-order valence-corrected chi connectivity index (χ4v) is 1.70. The van der Waals surface area contributed by atoms with Crippen molar-refractivity contribution in [2.75, 3.05) is 25.5 Å². The lowest BCUT2D eigenvalue weighted by molar-refractivity contribution is 0.205. The maximum absolute atomic E-state index is 4.36. The van der Waals surface area contributed by atoms with Crippen LogP contribution in [0.2, 0.25) is 0 Å². The predicted molar refractivity (Wildman–Crippen MR) is 58.6 cm³/mol. The van der Waals surface area contributed by atoms with Gasteiger partial charge in [0.05, 0.1) is 6.04 Å². The van der Waals surface area contributed by atoms with Gasteiger partial charge >= 0.3 is 0 Å². The molecule has 0 aromatic carbocycles. The first kappa shape index (κ1) is 9.46. The Morgan fingerprint density at radius 1 is 1.36 bits per heavy atom. The third-order valence-electron chi connectivity index (χ3n) is 2.79. The van der Waals surface area contributed by atoms with Gasteiger partial charge in [-0.1, -0.05) is 0 Å². The Kier molecular flexibility index (Phi) is 2.42. The molecule has 1 N–H and O–H groups in total. The number of aryl methyl sites for hydroxylation is 2. The molecule has 76 valence electrons. The summed E-state index contributed by atoms with van der Waals surface area (Å²) in [5, 5.41) is 3.42. The summed E-state index contributed by atoms with van der Waals surface area (Å²) in [7, 11) is 2.13. The lowest BCUT2D eigenvalue weighted by atomic mass is 10.1. The zero-order valence-electron chi connectivity index (χ0n) is 9.04. The number of likely N-dealkylation sites (N-methyl/N-ethyl adjacent to an activating group) is 1. The van der Waals surface area contributed by atoms with Gasteiger partial charge in [0.15, 0.2) is 0 Å². The normalized spacial score (nSPS) is 17.9. The van der Waals surface area contributed by atoms with Crippen LogP contribution in [0.3, 0.4) is 0 Å². The number of anilines is 1. The standard InChI is InChI=1S/C11H17N3/c1-8-4-11(12-5-9(8)2)13-10-6-14(3)7-10/h4-5,10H,6-7H2,1-3H3,(H,12,13). The second-order valence-corrected chi connectivity index (χ2v) is 4.22. The van der Waals surface area contributed by atoms with Crippen LogP contribution in [0, 0.1) is 13.8 Å². The van der Waals surface area contributed by atoms with Crippen LogP contribution in [0.5, 0.6) is 0 Å². The summed E-state index contributed by atoms with van der Waals surface area (Å²) in [5.41, 5.74) is 2.55. The monoisotopic (exact) mass is 191 g/mol. The Labute approximate surface area is 85.1 Å². The number of aromatic nitrogens is 1. The van der Waals surface area contributed by atoms with Gasteiger partial charge in [-0.2, -0.15) is 0 Å². The molecule has 14 heavy (non-hydrogen) atoms. The van der Waals surface area contributed by atoms with Gasteiger partial charge in [-0.25, -0.2) is 4.98 Å². The Hall–Kier alpha value is -1.09. The number of likely N-dealkylation sites (tertiary alicyclic amines) is 1. The van der Waals surface area contributed by atoms with E-state index < -0.39 is 0 Å². The topological polar surface area (TPSA) is 28.2 Å². The van der Waals surface area contributed by atoms with E-state index in [9.17, 15) is 0 Å². The summed E-state index contributed by atoms with van der Waals surface area (Å²) in [6, 6.07) is 2.70. The smallest absolute Gasteiger partial charge is 0.126 e. The maximum atomic E-state index is 4.36. The molecule has 1 saturated heterocycles. The molecular formula is C11H17N3. The summed E-state index contributed by atoms with van der Waals surface area (Å²) < 4.78 is 0. The van der Waals surface area contributed by atoms with Crippen molar-refractivity contribution in [2.24, 2.45) is 0 Å². The highest BCUT2D eigenvalue weighted by Crippen LogP contribution is 2.14. The fourth-order valence-electron chi connectivity index (χ4n) is 1.70. The molecule has 0 radical (unpaired) electrons. The zero-order chi connectivity index (χ0) is 10.1. The largest absolute Gasteiger partial charge is 0.365 e. The van der Waals surface area contributed by atoms with Crippen molar-refractivity contribution < 1.29 is 0 Å². The van der Waals surface area contributed by atoms with Gasteiger partial charge in [-0.05, 0) is 38.1 Å². The van der Waals surface area contributed by atoms with Crippen LogP contribution in [0.15, 0.2) is 12.3 Å². The van der Waals surface area contributed by atoms with E-state index in [4.69, 9.17) is 0 Å². The van der Waals surface area contributed by atoms with E-state index in [2.05, 4.69) is 42.2 Å². The molecule has 3 heteroatoms. The highest BCUT2D eigenvalue weighted by molar-refractivity contribution is 5.41. The zero-order valence-corrected chi connectivity index (χ0v) is 9.04. The van der Waals surface area contributed by atoms with Crippen molar-refractivity contribution in [1.29, 1.82) is 0 Å². The number of nitrogens with zero attached hydrogens (tertiary/aromatic N) is 2. The highest BCUT2D eigenvalue weighted by atomic mass is 15.2. The summed E-state index contributed by atoms with van der Waals surface area (Å²) in [4.78, 5) is 6.65. The van der Waals surface area contributed by atoms with Crippen molar-refractivity contribution in [3.8, 4) is 0 Å². The van der Waals surface area contributed by atoms with Gasteiger partial charge in [0.2, 0.25) is 0 Å². The van der Waals surface area contributed by atoms with Crippen molar-refractivity contribution >= 4 is 5.82 Å². The van der Waals surface area contributed by atoms with Gasteiger partial charge in [-0.15, -0.1) is 0 Å². The summed E-state index contributed by atoms with van der Waals surface area (Å²) in [6.07, 6.45) is 1.93. The van der Waals surface area contributed by atoms with E-state index in [-0.39, 0.29) is 0 Å². The predicted octanol–water partition coefficient (Wildman–Crippen LogP) is 1.42. The molecule has 1 aliphatic heterocycles. The minimum atomic E-state index is 0.578. The first-order valence-corrected chi connectivity index (χ1v) is 5.03. The Bertz CT molecular complexity index is 329. The van der Waals surface area contributed by atoms with Gasteiger partial charge in [0.25, 0.3) is 0 Å². The molecule has 1 fully saturated rings. The lowest BCUT2D eigenvalue weighted by Gasteiger charge is -2.36. The van der Waals surface area contributed by atoms with E-state index in [1.54, 1.807) is 0 Å². The quantitative estimate of drug-likeness (QED) is 0.766. The van der Waals surface area contributed by atoms with Crippen LogP contribution in [-0.2, 0) is 0 Å². The van der Waals surface area contributed by atoms with E-state index in [1.165, 1.54) is 11.1 Å². The second-order valence-electron chi connectivity index (χ2n) is 4.22. The first-order valence-electron chi connectivity index (χ1n) is 5.03. The van der Waals surface area contributed by atoms with Crippen LogP contribution in [0.4, 0.5) is 5.82 Å². The van der Waals surface area contributed by atoms with Crippen molar-refractivity contribution in [3.63, 3.8) is 0 Å². The van der Waals surface area contributed by atoms with Crippen LogP contribution in [-0.4, -0.2) is 36.1 Å². The van der Waals surface area contributed by atoms with Crippen LogP contribution in [0.1, 0.15) is 11.1 Å². The number of nitrogens with one attached hydrogen (secondary N) is 1. The molecule has 1 aromatic heterocycles. The van der Waals surface area contributed by atoms with Crippen molar-refractivity contribution in [1.82, 2.24) is 9.88 Å². The van der Waals surface area contributed by atoms with Gasteiger partial charge in [0.1, 0.15) is 5.82 Å². The molecule has 0 spiro atoms. The highest BCUT2D eigenvalue weighted by Gasteiger charge is 2.22. The van der Waals surface area contributed by atoms with Gasteiger partial charge < -0.3 is 10.2 Å². The van der Waals surface area contributed by atoms with E-state index in [1.807, 2.05) is 6.20 Å². The second kappa shape index (κ2) is 3.58. The number of pyridine rings is 1. The van der Waals surface area contributed by atoms with Crippen LogP contribution >= 0.6 is 0 Å². The molecule has 0 bridgehead atoms. The summed E-state index contributed by atoms with van der Waals surface area (Å²) >= 11 is 0. The fraction of sp³-hybridized carbons (Fsp3) is 0.545. The summed E-state index contributed by atoms with van der Waals surface area (Å²) in [5.74, 6) is 1.01. The maximum Gasteiger partial charge on any atom is 0.126 e. The molecule has 0 atom stereocenters. The molecule has 1 aliphatic rings. The van der Waals surface area contributed by atoms with E-state index >= 15 is 0 Å².